The first-order chi connectivity index (χ1) is 49.4. The van der Waals surface area contributed by atoms with E-state index in [2.05, 4.69) is 41.5 Å². The molecule has 0 amide bonds. The summed E-state index contributed by atoms with van der Waals surface area (Å²) in [6.45, 7) is 9.66. The highest BCUT2D eigenvalue weighted by molar-refractivity contribution is 7.47. The zero-order valence-electron chi connectivity index (χ0n) is 66.9. The Morgan fingerprint density at radius 2 is 0.451 bits per heavy atom. The molecule has 0 heterocycles. The third-order valence-electron chi connectivity index (χ3n) is 19.5. The van der Waals surface area contributed by atoms with Gasteiger partial charge in [-0.2, -0.15) is 0 Å². The minimum absolute atomic E-state index is 0.107. The quantitative estimate of drug-likeness (QED) is 0.0222. The lowest BCUT2D eigenvalue weighted by Crippen LogP contribution is -2.30. The molecule has 17 nitrogen and oxygen atoms in total. The first-order valence-corrected chi connectivity index (χ1v) is 46.0. The van der Waals surface area contributed by atoms with Gasteiger partial charge in [0.1, 0.15) is 19.3 Å². The van der Waals surface area contributed by atoms with Gasteiger partial charge in [-0.1, -0.05) is 388 Å². The molecule has 0 bridgehead atoms. The summed E-state index contributed by atoms with van der Waals surface area (Å²) >= 11 is 0. The molecule has 0 aliphatic heterocycles. The number of phosphoric ester groups is 2. The van der Waals surface area contributed by atoms with Crippen molar-refractivity contribution in [2.45, 2.75) is 458 Å². The number of carbonyl (C=O) groups excluding carboxylic acids is 4. The van der Waals surface area contributed by atoms with Gasteiger partial charge in [-0.3, -0.25) is 37.3 Å². The van der Waals surface area contributed by atoms with Gasteiger partial charge in [-0.25, -0.2) is 9.13 Å². The van der Waals surface area contributed by atoms with Gasteiger partial charge in [-0.05, 0) is 37.5 Å². The molecular formula is C83H162O17P2. The zero-order valence-corrected chi connectivity index (χ0v) is 68.7. The molecule has 0 aromatic rings. The highest BCUT2D eigenvalue weighted by atomic mass is 31.2. The van der Waals surface area contributed by atoms with E-state index in [0.717, 1.165) is 102 Å². The number of aliphatic hydroxyl groups excluding tert-OH is 1. The van der Waals surface area contributed by atoms with E-state index in [-0.39, 0.29) is 25.7 Å². The largest absolute Gasteiger partial charge is 0.472 e. The van der Waals surface area contributed by atoms with E-state index in [1.807, 2.05) is 0 Å². The van der Waals surface area contributed by atoms with Crippen LogP contribution in [-0.2, 0) is 65.4 Å². The van der Waals surface area contributed by atoms with Crippen molar-refractivity contribution in [1.29, 1.82) is 0 Å². The Morgan fingerprint density at radius 1 is 0.265 bits per heavy atom. The maximum atomic E-state index is 13.1. The summed E-state index contributed by atoms with van der Waals surface area (Å²) in [5, 5.41) is 10.7. The second-order valence-electron chi connectivity index (χ2n) is 30.8. The second-order valence-corrected chi connectivity index (χ2v) is 33.7. The molecule has 0 aromatic carbocycles. The van der Waals surface area contributed by atoms with Gasteiger partial charge < -0.3 is 33.8 Å². The summed E-state index contributed by atoms with van der Waals surface area (Å²) in [6, 6.07) is 0. The van der Waals surface area contributed by atoms with E-state index in [1.165, 1.54) is 257 Å². The van der Waals surface area contributed by atoms with Crippen LogP contribution in [0.15, 0.2) is 0 Å². The average Bonchev–Trinajstić information content (AvgIpc) is 0.974. The first kappa shape index (κ1) is 100. The van der Waals surface area contributed by atoms with Gasteiger partial charge in [-0.15, -0.1) is 0 Å². The number of esters is 4. The average molecular weight is 1490 g/mol. The molecule has 0 saturated carbocycles. The molecule has 5 atom stereocenters. The normalized spacial score (nSPS) is 13.9. The second kappa shape index (κ2) is 74.5. The van der Waals surface area contributed by atoms with Crippen molar-refractivity contribution < 1.29 is 80.2 Å². The van der Waals surface area contributed by atoms with Gasteiger partial charge in [0.2, 0.25) is 0 Å². The fraction of sp³-hybridized carbons (Fsp3) is 0.952. The molecule has 0 fully saturated rings. The number of hydrogen-bond donors (Lipinski definition) is 3. The molecule has 0 saturated heterocycles. The van der Waals surface area contributed by atoms with Crippen LogP contribution in [0.25, 0.3) is 0 Å². The third kappa shape index (κ3) is 76.3. The van der Waals surface area contributed by atoms with E-state index in [1.54, 1.807) is 0 Å². The number of unbranched alkanes of at least 4 members (excludes halogenated alkanes) is 52. The maximum absolute atomic E-state index is 13.1. The Labute approximate surface area is 626 Å². The number of aliphatic hydroxyl groups is 1. The first-order valence-electron chi connectivity index (χ1n) is 43.0. The summed E-state index contributed by atoms with van der Waals surface area (Å²) in [7, 11) is -9.92. The summed E-state index contributed by atoms with van der Waals surface area (Å²) in [6.07, 6.45) is 65.2. The molecule has 2 unspecified atom stereocenters. The van der Waals surface area contributed by atoms with E-state index < -0.39 is 97.5 Å². The van der Waals surface area contributed by atoms with Crippen LogP contribution in [0, 0.1) is 11.8 Å². The number of hydrogen-bond acceptors (Lipinski definition) is 15. The monoisotopic (exact) mass is 1490 g/mol. The van der Waals surface area contributed by atoms with E-state index in [0.29, 0.717) is 25.7 Å². The number of carbonyl (C=O) groups is 4. The summed E-state index contributed by atoms with van der Waals surface area (Å²) < 4.78 is 68.8. The molecule has 0 aliphatic carbocycles. The van der Waals surface area contributed by atoms with Crippen molar-refractivity contribution in [1.82, 2.24) is 0 Å². The van der Waals surface area contributed by atoms with E-state index in [4.69, 9.17) is 37.0 Å². The molecule has 606 valence electrons. The van der Waals surface area contributed by atoms with Crippen LogP contribution in [0.3, 0.4) is 0 Å². The summed E-state index contributed by atoms with van der Waals surface area (Å²) in [5.74, 6) is -0.562. The summed E-state index contributed by atoms with van der Waals surface area (Å²) in [4.78, 5) is 73.1. The van der Waals surface area contributed by atoms with Crippen LogP contribution in [-0.4, -0.2) is 96.7 Å². The predicted octanol–water partition coefficient (Wildman–Crippen LogP) is 25.1. The molecular weight excluding hydrogens is 1330 g/mol. The fourth-order valence-electron chi connectivity index (χ4n) is 12.9. The molecule has 102 heavy (non-hydrogen) atoms. The standard InChI is InChI=1S/C83H162O17P2/c1-7-9-11-13-15-17-19-21-22-23-24-25-26-27-31-36-43-49-55-61-67-82(87)99-78(71-94-81(86)66-60-54-48-42-35-32-28-30-33-39-45-51-57-63-75(3)4)73-97-101(89,90)95-69-77(84)70-96-102(91,92)98-74-79(100-83(88)68-62-56-50-44-38-37-40-46-52-58-64-76(5)6)72-93-80(85)65-59-53-47-41-34-29-20-18-16-14-12-10-8-2/h75-79,84H,7-74H2,1-6H3,(H,89,90)(H,91,92)/t77-,78-,79-/m1/s1. The lowest BCUT2D eigenvalue weighted by atomic mass is 10.0. The minimum Gasteiger partial charge on any atom is -0.462 e. The van der Waals surface area contributed by atoms with Crippen LogP contribution >= 0.6 is 15.6 Å². The van der Waals surface area contributed by atoms with Crippen molar-refractivity contribution in [3.63, 3.8) is 0 Å². The zero-order chi connectivity index (χ0) is 74.9. The Morgan fingerprint density at radius 3 is 0.667 bits per heavy atom. The van der Waals surface area contributed by atoms with Gasteiger partial charge >= 0.3 is 39.5 Å². The lowest BCUT2D eigenvalue weighted by Gasteiger charge is -2.21. The molecule has 0 aliphatic rings. The Hall–Kier alpha value is -1.94. The van der Waals surface area contributed by atoms with Crippen molar-refractivity contribution in [2.24, 2.45) is 11.8 Å². The van der Waals surface area contributed by atoms with Gasteiger partial charge in [0, 0.05) is 25.7 Å². The number of phosphoric acid groups is 2. The molecule has 0 rings (SSSR count). The Kier molecular flexibility index (Phi) is 73.1. The van der Waals surface area contributed by atoms with Gasteiger partial charge in [0.05, 0.1) is 26.4 Å². The van der Waals surface area contributed by atoms with Crippen LogP contribution < -0.4 is 0 Å². The van der Waals surface area contributed by atoms with Crippen molar-refractivity contribution in [3.05, 3.63) is 0 Å². The van der Waals surface area contributed by atoms with Crippen molar-refractivity contribution in [2.75, 3.05) is 39.6 Å². The van der Waals surface area contributed by atoms with E-state index in [9.17, 15) is 43.2 Å². The molecule has 0 spiro atoms. The highest BCUT2D eigenvalue weighted by Crippen LogP contribution is 2.45. The van der Waals surface area contributed by atoms with Gasteiger partial charge in [0.25, 0.3) is 0 Å². The lowest BCUT2D eigenvalue weighted by molar-refractivity contribution is -0.161. The molecule has 19 heteroatoms. The highest BCUT2D eigenvalue weighted by Gasteiger charge is 2.30. The topological polar surface area (TPSA) is 237 Å². The predicted molar refractivity (Wildman–Crippen MR) is 418 cm³/mol. The van der Waals surface area contributed by atoms with Crippen molar-refractivity contribution in [3.8, 4) is 0 Å². The smallest absolute Gasteiger partial charge is 0.462 e. The van der Waals surface area contributed by atoms with Crippen LogP contribution in [0.1, 0.15) is 440 Å². The molecule has 3 N–H and O–H groups in total. The maximum Gasteiger partial charge on any atom is 0.472 e. The van der Waals surface area contributed by atoms with Crippen LogP contribution in [0.2, 0.25) is 0 Å². The summed E-state index contributed by atoms with van der Waals surface area (Å²) in [5.41, 5.74) is 0. The minimum atomic E-state index is -4.96. The van der Waals surface area contributed by atoms with Crippen LogP contribution in [0.4, 0.5) is 0 Å². The molecule has 0 radical (unpaired) electrons. The Balaban J connectivity index is 5.25. The fourth-order valence-corrected chi connectivity index (χ4v) is 14.5. The number of rotatable bonds is 82. The van der Waals surface area contributed by atoms with E-state index >= 15 is 0 Å². The number of ether oxygens (including phenoxy) is 4. The Bertz CT molecular complexity index is 1960. The molecule has 0 aromatic heterocycles. The van der Waals surface area contributed by atoms with Crippen molar-refractivity contribution >= 4 is 39.5 Å². The SMILES string of the molecule is CCCCCCCCCCCCCCCCCCCCCCC(=O)O[C@H](COC(=O)CCCCCCCCCCCCCCCC(C)C)COP(=O)(O)OC[C@@H](O)COP(=O)(O)OC[C@@H](COC(=O)CCCCCCCCCCCCCCC)OC(=O)CCCCCCCCCCCCC(C)C. The van der Waals surface area contributed by atoms with Crippen LogP contribution in [0.5, 0.6) is 0 Å². The van der Waals surface area contributed by atoms with Gasteiger partial charge in [0.15, 0.2) is 12.2 Å². The third-order valence-corrected chi connectivity index (χ3v) is 21.4.